The number of rotatable bonds is 6. The molecule has 0 fully saturated rings. The van der Waals surface area contributed by atoms with E-state index in [1.54, 1.807) is 11.3 Å². The lowest BCUT2D eigenvalue weighted by atomic mass is 10.2. The fourth-order valence-electron chi connectivity index (χ4n) is 1.73. The Morgan fingerprint density at radius 2 is 2.29 bits per heavy atom. The molecule has 2 aromatic rings. The van der Waals surface area contributed by atoms with Gasteiger partial charge in [-0.25, -0.2) is 4.98 Å². The fourth-order valence-corrected chi connectivity index (χ4v) is 2.68. The summed E-state index contributed by atoms with van der Waals surface area (Å²) in [5.74, 6) is 1.72. The third-order valence-corrected chi connectivity index (χ3v) is 3.64. The third-order valence-electron chi connectivity index (χ3n) is 2.67. The Morgan fingerprint density at radius 1 is 1.41 bits per heavy atom. The summed E-state index contributed by atoms with van der Waals surface area (Å²) in [6.07, 6.45) is 3.72. The summed E-state index contributed by atoms with van der Waals surface area (Å²) in [6.45, 7) is 6.16. The third kappa shape index (κ3) is 2.96. The Balaban J connectivity index is 2.07. The van der Waals surface area contributed by atoms with E-state index in [1.807, 2.05) is 6.20 Å². The van der Waals surface area contributed by atoms with Crippen LogP contribution in [0.15, 0.2) is 22.1 Å². The summed E-state index contributed by atoms with van der Waals surface area (Å²) in [4.78, 5) is 5.54. The lowest BCUT2D eigenvalue weighted by molar-refractivity contribution is 0.497. The predicted octanol–water partition coefficient (Wildman–Crippen LogP) is 3.12. The van der Waals surface area contributed by atoms with E-state index in [1.165, 1.54) is 10.4 Å². The van der Waals surface area contributed by atoms with Crippen molar-refractivity contribution in [2.24, 2.45) is 0 Å². The highest BCUT2D eigenvalue weighted by Gasteiger charge is 2.10. The van der Waals surface area contributed by atoms with Crippen molar-refractivity contribution in [3.05, 3.63) is 29.1 Å². The zero-order chi connectivity index (χ0) is 12.1. The number of aromatic nitrogens is 1. The number of likely N-dealkylation sites (N-methyl/N-ethyl adjacent to an activating group) is 1. The first-order valence-electron chi connectivity index (χ1n) is 6.07. The maximum Gasteiger partial charge on any atom is 0.196 e. The van der Waals surface area contributed by atoms with Crippen LogP contribution in [0, 0.1) is 0 Å². The van der Waals surface area contributed by atoms with E-state index in [-0.39, 0.29) is 0 Å². The van der Waals surface area contributed by atoms with Gasteiger partial charge in [0.25, 0.3) is 0 Å². The van der Waals surface area contributed by atoms with Gasteiger partial charge in [-0.3, -0.25) is 0 Å². The van der Waals surface area contributed by atoms with Crippen molar-refractivity contribution in [1.82, 2.24) is 10.3 Å². The minimum atomic E-state index is 0.816. The Morgan fingerprint density at radius 3 is 3.06 bits per heavy atom. The molecule has 0 aromatic carbocycles. The van der Waals surface area contributed by atoms with Crippen LogP contribution >= 0.6 is 11.3 Å². The Bertz CT molecular complexity index is 461. The van der Waals surface area contributed by atoms with Crippen LogP contribution in [-0.2, 0) is 12.8 Å². The van der Waals surface area contributed by atoms with Crippen molar-refractivity contribution >= 4 is 11.3 Å². The highest BCUT2D eigenvalue weighted by molar-refractivity contribution is 7.13. The normalized spacial score (nSPS) is 10.9. The first kappa shape index (κ1) is 12.3. The molecule has 2 heterocycles. The molecule has 0 aliphatic carbocycles. The van der Waals surface area contributed by atoms with Crippen LogP contribution in [0.2, 0.25) is 0 Å². The van der Waals surface area contributed by atoms with Gasteiger partial charge in [-0.15, -0.1) is 11.3 Å². The molecule has 0 saturated carbocycles. The second-order valence-corrected chi connectivity index (χ2v) is 4.77. The lowest BCUT2D eigenvalue weighted by Gasteiger charge is -1.98. The second-order valence-electron chi connectivity index (χ2n) is 3.85. The van der Waals surface area contributed by atoms with Crippen LogP contribution in [-0.4, -0.2) is 18.1 Å². The number of thiophene rings is 1. The smallest absolute Gasteiger partial charge is 0.196 e. The van der Waals surface area contributed by atoms with E-state index in [4.69, 9.17) is 4.42 Å². The molecule has 0 spiro atoms. The Kier molecular flexibility index (Phi) is 4.34. The molecule has 0 aliphatic rings. The van der Waals surface area contributed by atoms with Gasteiger partial charge >= 0.3 is 0 Å². The van der Waals surface area contributed by atoms with Crippen molar-refractivity contribution in [1.29, 1.82) is 0 Å². The molecule has 0 atom stereocenters. The maximum absolute atomic E-state index is 5.78. The first-order chi connectivity index (χ1) is 8.35. The van der Waals surface area contributed by atoms with Gasteiger partial charge in [0.1, 0.15) is 0 Å². The van der Waals surface area contributed by atoms with Gasteiger partial charge in [0.2, 0.25) is 0 Å². The molecule has 92 valence electrons. The highest BCUT2D eigenvalue weighted by Crippen LogP contribution is 2.30. The standard InChI is InChI=1S/C13H18N2OS/c1-3-10-6-8-17-13(10)11-9-15-12(16-11)5-7-14-4-2/h6,8-9,14H,3-5,7H2,1-2H3. The Hall–Kier alpha value is -1.13. The van der Waals surface area contributed by atoms with Gasteiger partial charge in [-0.2, -0.15) is 0 Å². The van der Waals surface area contributed by atoms with Crippen molar-refractivity contribution in [3.8, 4) is 10.6 Å². The van der Waals surface area contributed by atoms with Gasteiger partial charge < -0.3 is 9.73 Å². The lowest BCUT2D eigenvalue weighted by Crippen LogP contribution is -2.16. The van der Waals surface area contributed by atoms with Crippen LogP contribution in [0.3, 0.4) is 0 Å². The zero-order valence-electron chi connectivity index (χ0n) is 10.3. The minimum absolute atomic E-state index is 0.816. The predicted molar refractivity (Wildman–Crippen MR) is 71.4 cm³/mol. The van der Waals surface area contributed by atoms with E-state index < -0.39 is 0 Å². The number of aryl methyl sites for hydroxylation is 1. The van der Waals surface area contributed by atoms with E-state index in [9.17, 15) is 0 Å². The van der Waals surface area contributed by atoms with E-state index in [0.717, 1.165) is 37.6 Å². The second kappa shape index (κ2) is 5.98. The van der Waals surface area contributed by atoms with Crippen molar-refractivity contribution < 1.29 is 4.42 Å². The summed E-state index contributed by atoms with van der Waals surface area (Å²) in [7, 11) is 0. The largest absolute Gasteiger partial charge is 0.440 e. The maximum atomic E-state index is 5.78. The van der Waals surface area contributed by atoms with Gasteiger partial charge in [0, 0.05) is 13.0 Å². The average Bonchev–Trinajstić information content (AvgIpc) is 2.96. The monoisotopic (exact) mass is 250 g/mol. The summed E-state index contributed by atoms with van der Waals surface area (Å²) in [6, 6.07) is 2.15. The molecule has 0 radical (unpaired) electrons. The van der Waals surface area contributed by atoms with Crippen LogP contribution in [0.25, 0.3) is 10.6 Å². The number of nitrogens with zero attached hydrogens (tertiary/aromatic N) is 1. The number of nitrogens with one attached hydrogen (secondary N) is 1. The molecular weight excluding hydrogens is 232 g/mol. The number of hydrogen-bond acceptors (Lipinski definition) is 4. The summed E-state index contributed by atoms with van der Waals surface area (Å²) in [5, 5.41) is 5.37. The molecular formula is C13H18N2OS. The molecule has 3 nitrogen and oxygen atoms in total. The molecule has 0 bridgehead atoms. The van der Waals surface area contributed by atoms with Gasteiger partial charge in [0.15, 0.2) is 11.7 Å². The van der Waals surface area contributed by atoms with Gasteiger partial charge in [-0.1, -0.05) is 13.8 Å². The SMILES string of the molecule is CCNCCc1ncc(-c2sccc2CC)o1. The minimum Gasteiger partial charge on any atom is -0.440 e. The molecule has 1 N–H and O–H groups in total. The molecule has 0 amide bonds. The number of oxazole rings is 1. The fraction of sp³-hybridized carbons (Fsp3) is 0.462. The molecule has 17 heavy (non-hydrogen) atoms. The van der Waals surface area contributed by atoms with Crippen LogP contribution in [0.5, 0.6) is 0 Å². The van der Waals surface area contributed by atoms with Crippen molar-refractivity contribution in [3.63, 3.8) is 0 Å². The van der Waals surface area contributed by atoms with Crippen LogP contribution in [0.4, 0.5) is 0 Å². The van der Waals surface area contributed by atoms with E-state index in [0.29, 0.717) is 0 Å². The summed E-state index contributed by atoms with van der Waals surface area (Å²) < 4.78 is 5.78. The van der Waals surface area contributed by atoms with Gasteiger partial charge in [0.05, 0.1) is 11.1 Å². The van der Waals surface area contributed by atoms with Crippen LogP contribution in [0.1, 0.15) is 25.3 Å². The summed E-state index contributed by atoms with van der Waals surface area (Å²) in [5.41, 5.74) is 1.34. The van der Waals surface area contributed by atoms with Crippen molar-refractivity contribution in [2.75, 3.05) is 13.1 Å². The summed E-state index contributed by atoms with van der Waals surface area (Å²) >= 11 is 1.72. The quantitative estimate of drug-likeness (QED) is 0.800. The molecule has 0 aliphatic heterocycles. The highest BCUT2D eigenvalue weighted by atomic mass is 32.1. The topological polar surface area (TPSA) is 38.1 Å². The zero-order valence-corrected chi connectivity index (χ0v) is 11.1. The molecule has 2 rings (SSSR count). The molecule has 2 aromatic heterocycles. The first-order valence-corrected chi connectivity index (χ1v) is 6.95. The van der Waals surface area contributed by atoms with E-state index in [2.05, 4.69) is 35.6 Å². The number of hydrogen-bond donors (Lipinski definition) is 1. The molecule has 4 heteroatoms. The van der Waals surface area contributed by atoms with E-state index >= 15 is 0 Å². The average molecular weight is 250 g/mol. The Labute approximate surface area is 106 Å². The van der Waals surface area contributed by atoms with Gasteiger partial charge in [-0.05, 0) is 30.0 Å². The van der Waals surface area contributed by atoms with Crippen molar-refractivity contribution in [2.45, 2.75) is 26.7 Å². The molecule has 0 unspecified atom stereocenters. The van der Waals surface area contributed by atoms with Crippen LogP contribution < -0.4 is 5.32 Å². The molecule has 0 saturated heterocycles.